The molecule has 3 N–H and O–H groups in total. The molecule has 1 unspecified atom stereocenters. The molecule has 1 aromatic carbocycles. The summed E-state index contributed by atoms with van der Waals surface area (Å²) in [7, 11) is 1.71. The molecule has 0 saturated heterocycles. The Morgan fingerprint density at radius 2 is 2.00 bits per heavy atom. The highest BCUT2D eigenvalue weighted by Gasteiger charge is 2.13. The minimum Gasteiger partial charge on any atom is -0.496 e. The van der Waals surface area contributed by atoms with Crippen LogP contribution >= 0.6 is 0 Å². The second kappa shape index (κ2) is 6.62. The van der Waals surface area contributed by atoms with Crippen molar-refractivity contribution >= 4 is 0 Å². The van der Waals surface area contributed by atoms with Crippen molar-refractivity contribution in [3.8, 4) is 5.75 Å². The fraction of sp³-hybridized carbons (Fsp3) is 0.571. The van der Waals surface area contributed by atoms with Crippen molar-refractivity contribution in [2.24, 2.45) is 5.84 Å². The van der Waals surface area contributed by atoms with Crippen LogP contribution in [0.15, 0.2) is 12.1 Å². The first-order valence-corrected chi connectivity index (χ1v) is 6.25. The van der Waals surface area contributed by atoms with E-state index in [1.807, 2.05) is 0 Å². The largest absolute Gasteiger partial charge is 0.496 e. The molecule has 17 heavy (non-hydrogen) atoms. The van der Waals surface area contributed by atoms with E-state index in [2.05, 4.69) is 38.3 Å². The molecule has 0 saturated carbocycles. The van der Waals surface area contributed by atoms with Gasteiger partial charge in [0.25, 0.3) is 0 Å². The van der Waals surface area contributed by atoms with Crippen molar-refractivity contribution in [2.45, 2.75) is 46.1 Å². The fourth-order valence-electron chi connectivity index (χ4n) is 2.14. The van der Waals surface area contributed by atoms with Crippen molar-refractivity contribution in [3.05, 3.63) is 28.8 Å². The van der Waals surface area contributed by atoms with Gasteiger partial charge in [-0.05, 0) is 43.0 Å². The Balaban J connectivity index is 2.99. The number of unbranched alkanes of at least 4 members (excludes halogenated alkanes) is 1. The van der Waals surface area contributed by atoms with Crippen LogP contribution in [-0.2, 0) is 0 Å². The summed E-state index contributed by atoms with van der Waals surface area (Å²) in [6.45, 7) is 6.36. The molecular formula is C14H24N2O. The highest BCUT2D eigenvalue weighted by Crippen LogP contribution is 2.28. The first-order valence-electron chi connectivity index (χ1n) is 6.25. The number of nitrogens with two attached hydrogens (primary N) is 1. The molecule has 0 aliphatic rings. The maximum atomic E-state index is 5.65. The summed E-state index contributed by atoms with van der Waals surface area (Å²) in [5.74, 6) is 6.60. The smallest absolute Gasteiger partial charge is 0.122 e. The molecule has 0 amide bonds. The average Bonchev–Trinajstić information content (AvgIpc) is 2.33. The summed E-state index contributed by atoms with van der Waals surface area (Å²) in [5.41, 5.74) is 6.58. The molecule has 1 atom stereocenters. The van der Waals surface area contributed by atoms with Crippen LogP contribution in [0.1, 0.15) is 48.9 Å². The monoisotopic (exact) mass is 236 g/mol. The first kappa shape index (κ1) is 14.0. The normalized spacial score (nSPS) is 12.5. The van der Waals surface area contributed by atoms with Gasteiger partial charge in [0.05, 0.1) is 7.11 Å². The molecule has 96 valence electrons. The van der Waals surface area contributed by atoms with Crippen LogP contribution in [0, 0.1) is 13.8 Å². The number of nitrogens with one attached hydrogen (secondary N) is 1. The van der Waals surface area contributed by atoms with Gasteiger partial charge in [-0.3, -0.25) is 11.3 Å². The van der Waals surface area contributed by atoms with Gasteiger partial charge in [0, 0.05) is 6.04 Å². The fourth-order valence-corrected chi connectivity index (χ4v) is 2.14. The topological polar surface area (TPSA) is 47.3 Å². The van der Waals surface area contributed by atoms with Gasteiger partial charge in [-0.1, -0.05) is 25.8 Å². The third-order valence-corrected chi connectivity index (χ3v) is 3.21. The van der Waals surface area contributed by atoms with Gasteiger partial charge in [-0.15, -0.1) is 0 Å². The standard InChI is InChI=1S/C14H24N2O/c1-5-6-7-13(16-15)12-8-11(3)14(17-4)9-10(12)2/h8-9,13,16H,5-7,15H2,1-4H3. The molecular weight excluding hydrogens is 212 g/mol. The zero-order valence-corrected chi connectivity index (χ0v) is 11.3. The quantitative estimate of drug-likeness (QED) is 0.589. The van der Waals surface area contributed by atoms with Crippen LogP contribution in [-0.4, -0.2) is 7.11 Å². The van der Waals surface area contributed by atoms with Crippen LogP contribution in [0.3, 0.4) is 0 Å². The van der Waals surface area contributed by atoms with E-state index < -0.39 is 0 Å². The summed E-state index contributed by atoms with van der Waals surface area (Å²) in [6, 6.07) is 4.49. The molecule has 0 bridgehead atoms. The summed E-state index contributed by atoms with van der Waals surface area (Å²) in [4.78, 5) is 0. The van der Waals surface area contributed by atoms with Crippen molar-refractivity contribution in [3.63, 3.8) is 0 Å². The maximum absolute atomic E-state index is 5.65. The SMILES string of the molecule is CCCCC(NN)c1cc(C)c(OC)cc1C. The molecule has 0 heterocycles. The van der Waals surface area contributed by atoms with Crippen LogP contribution in [0.4, 0.5) is 0 Å². The lowest BCUT2D eigenvalue weighted by molar-refractivity contribution is 0.410. The second-order valence-electron chi connectivity index (χ2n) is 4.54. The third-order valence-electron chi connectivity index (χ3n) is 3.21. The maximum Gasteiger partial charge on any atom is 0.122 e. The van der Waals surface area contributed by atoms with Gasteiger partial charge in [-0.25, -0.2) is 0 Å². The molecule has 1 aromatic rings. The van der Waals surface area contributed by atoms with E-state index in [0.717, 1.165) is 17.7 Å². The van der Waals surface area contributed by atoms with Crippen molar-refractivity contribution in [2.75, 3.05) is 7.11 Å². The van der Waals surface area contributed by atoms with Gasteiger partial charge in [0.1, 0.15) is 5.75 Å². The number of hydrogen-bond donors (Lipinski definition) is 2. The van der Waals surface area contributed by atoms with Crippen LogP contribution in [0.2, 0.25) is 0 Å². The predicted octanol–water partition coefficient (Wildman–Crippen LogP) is 3.01. The molecule has 0 fully saturated rings. The number of rotatable bonds is 6. The Kier molecular flexibility index (Phi) is 5.45. The van der Waals surface area contributed by atoms with Crippen molar-refractivity contribution < 1.29 is 4.74 Å². The Hall–Kier alpha value is -1.06. The molecule has 0 aromatic heterocycles. The first-order chi connectivity index (χ1) is 8.13. The van der Waals surface area contributed by atoms with E-state index in [1.54, 1.807) is 7.11 Å². The number of methoxy groups -OCH3 is 1. The molecule has 0 radical (unpaired) electrons. The van der Waals surface area contributed by atoms with E-state index in [4.69, 9.17) is 10.6 Å². The van der Waals surface area contributed by atoms with Gasteiger partial charge >= 0.3 is 0 Å². The summed E-state index contributed by atoms with van der Waals surface area (Å²) >= 11 is 0. The molecule has 0 aliphatic carbocycles. The summed E-state index contributed by atoms with van der Waals surface area (Å²) in [6.07, 6.45) is 3.44. The lowest BCUT2D eigenvalue weighted by atomic mass is 9.95. The number of hydrazine groups is 1. The molecule has 3 nitrogen and oxygen atoms in total. The Morgan fingerprint density at radius 3 is 2.53 bits per heavy atom. The van der Waals surface area contributed by atoms with Crippen LogP contribution < -0.4 is 16.0 Å². The van der Waals surface area contributed by atoms with Crippen LogP contribution in [0.25, 0.3) is 0 Å². The lowest BCUT2D eigenvalue weighted by Crippen LogP contribution is -2.28. The van der Waals surface area contributed by atoms with Gasteiger partial charge < -0.3 is 4.74 Å². The number of aryl methyl sites for hydroxylation is 2. The number of hydrogen-bond acceptors (Lipinski definition) is 3. The molecule has 0 spiro atoms. The van der Waals surface area contributed by atoms with Gasteiger partial charge in [-0.2, -0.15) is 0 Å². The Morgan fingerprint density at radius 1 is 1.29 bits per heavy atom. The Labute approximate surface area is 104 Å². The second-order valence-corrected chi connectivity index (χ2v) is 4.54. The van der Waals surface area contributed by atoms with Crippen molar-refractivity contribution in [1.29, 1.82) is 0 Å². The average molecular weight is 236 g/mol. The lowest BCUT2D eigenvalue weighted by Gasteiger charge is -2.20. The highest BCUT2D eigenvalue weighted by atomic mass is 16.5. The Bertz CT molecular complexity index is 363. The van der Waals surface area contributed by atoms with Gasteiger partial charge in [0.15, 0.2) is 0 Å². The van der Waals surface area contributed by atoms with E-state index in [-0.39, 0.29) is 6.04 Å². The zero-order valence-electron chi connectivity index (χ0n) is 11.3. The number of ether oxygens (including phenoxy) is 1. The zero-order chi connectivity index (χ0) is 12.8. The summed E-state index contributed by atoms with van der Waals surface area (Å²) in [5, 5.41) is 0. The third kappa shape index (κ3) is 3.45. The molecule has 1 rings (SSSR count). The van der Waals surface area contributed by atoms with E-state index in [9.17, 15) is 0 Å². The molecule has 3 heteroatoms. The van der Waals surface area contributed by atoms with E-state index in [0.29, 0.717) is 0 Å². The van der Waals surface area contributed by atoms with Crippen molar-refractivity contribution in [1.82, 2.24) is 5.43 Å². The highest BCUT2D eigenvalue weighted by molar-refractivity contribution is 5.42. The van der Waals surface area contributed by atoms with Crippen LogP contribution in [0.5, 0.6) is 5.75 Å². The minimum atomic E-state index is 0.236. The molecule has 0 aliphatic heterocycles. The summed E-state index contributed by atoms with van der Waals surface area (Å²) < 4.78 is 5.32. The van der Waals surface area contributed by atoms with E-state index in [1.165, 1.54) is 24.0 Å². The van der Waals surface area contributed by atoms with E-state index >= 15 is 0 Å². The number of benzene rings is 1. The predicted molar refractivity (Wildman–Crippen MR) is 72.1 cm³/mol. The van der Waals surface area contributed by atoms with Gasteiger partial charge in [0.2, 0.25) is 0 Å². The minimum absolute atomic E-state index is 0.236.